The van der Waals surface area contributed by atoms with Crippen LogP contribution in [0.4, 0.5) is 0 Å². The Morgan fingerprint density at radius 1 is 1.53 bits per heavy atom. The molecule has 1 atom stereocenters. The van der Waals surface area contributed by atoms with E-state index in [-0.39, 0.29) is 24.9 Å². The number of amides is 1. The van der Waals surface area contributed by atoms with Gasteiger partial charge < -0.3 is 20.0 Å². The maximum absolute atomic E-state index is 11.7. The van der Waals surface area contributed by atoms with E-state index in [1.807, 2.05) is 0 Å². The molecule has 1 fully saturated rings. The monoisotopic (exact) mass is 283 g/mol. The largest absolute Gasteiger partial charge is 0.550 e. The number of aliphatic carboxylic acids is 1. The number of hydrogen-bond acceptors (Lipinski definition) is 6. The summed E-state index contributed by atoms with van der Waals surface area (Å²) in [6.07, 6.45) is 2.10. The molecule has 1 aliphatic rings. The van der Waals surface area contributed by atoms with Gasteiger partial charge in [0, 0.05) is 30.9 Å². The van der Waals surface area contributed by atoms with Gasteiger partial charge in [0.15, 0.2) is 0 Å². The molecule has 1 N–H and O–H groups in total. The molecule has 1 saturated heterocycles. The molecule has 0 spiro atoms. The first-order valence-electron chi connectivity index (χ1n) is 6.15. The van der Waals surface area contributed by atoms with E-state index in [2.05, 4.69) is 10.3 Å². The molecule has 19 heavy (non-hydrogen) atoms. The average Bonchev–Trinajstić information content (AvgIpc) is 2.97. The van der Waals surface area contributed by atoms with Crippen molar-refractivity contribution in [2.75, 3.05) is 13.2 Å². The molecule has 104 valence electrons. The van der Waals surface area contributed by atoms with Gasteiger partial charge in [0.1, 0.15) is 5.01 Å². The Morgan fingerprint density at radius 2 is 2.37 bits per heavy atom. The summed E-state index contributed by atoms with van der Waals surface area (Å²) in [7, 11) is 0. The number of aromatic nitrogens is 1. The maximum atomic E-state index is 11.7. The molecule has 0 radical (unpaired) electrons. The van der Waals surface area contributed by atoms with Crippen molar-refractivity contribution in [3.63, 3.8) is 0 Å². The Morgan fingerprint density at radius 3 is 3.05 bits per heavy atom. The minimum atomic E-state index is -1.17. The third kappa shape index (κ3) is 4.60. The Balaban J connectivity index is 1.74. The number of ether oxygens (including phenoxy) is 1. The molecule has 0 aromatic carbocycles. The predicted molar refractivity (Wildman–Crippen MR) is 66.5 cm³/mol. The first-order valence-corrected chi connectivity index (χ1v) is 7.03. The number of carbonyl (C=O) groups is 2. The fourth-order valence-electron chi connectivity index (χ4n) is 1.89. The van der Waals surface area contributed by atoms with Crippen LogP contribution in [0.25, 0.3) is 0 Å². The van der Waals surface area contributed by atoms with E-state index < -0.39 is 5.97 Å². The summed E-state index contributed by atoms with van der Waals surface area (Å²) in [6, 6.07) is 0. The molecule has 1 aromatic heterocycles. The standard InChI is InChI=1S/C12H16N2O4S/c15-10(13-6-9-2-1-3-18-9)5-11-14-8(7-19-11)4-12(16)17/h7,9H,1-6H2,(H,13,15)(H,16,17)/p-1/t9-/m0/s1. The zero-order chi connectivity index (χ0) is 13.7. The molecule has 2 heterocycles. The first-order chi connectivity index (χ1) is 9.13. The number of nitrogens with one attached hydrogen (secondary N) is 1. The number of hydrogen-bond donors (Lipinski definition) is 1. The normalized spacial score (nSPS) is 18.4. The van der Waals surface area contributed by atoms with Crippen LogP contribution in [-0.4, -0.2) is 36.1 Å². The van der Waals surface area contributed by atoms with Crippen LogP contribution in [0.15, 0.2) is 5.38 Å². The lowest BCUT2D eigenvalue weighted by Crippen LogP contribution is -2.32. The molecule has 0 unspecified atom stereocenters. The lowest BCUT2D eigenvalue weighted by atomic mass is 10.2. The van der Waals surface area contributed by atoms with E-state index >= 15 is 0 Å². The molecule has 7 heteroatoms. The number of thiazole rings is 1. The zero-order valence-corrected chi connectivity index (χ0v) is 11.2. The Labute approximate surface area is 114 Å². The van der Waals surface area contributed by atoms with Crippen molar-refractivity contribution in [1.29, 1.82) is 0 Å². The number of nitrogens with zero attached hydrogens (tertiary/aromatic N) is 1. The second-order valence-corrected chi connectivity index (χ2v) is 5.34. The van der Waals surface area contributed by atoms with Crippen molar-refractivity contribution >= 4 is 23.2 Å². The molecule has 0 aliphatic carbocycles. The highest BCUT2D eigenvalue weighted by Gasteiger charge is 2.16. The third-order valence-electron chi connectivity index (χ3n) is 2.79. The molecule has 0 bridgehead atoms. The van der Waals surface area contributed by atoms with Crippen LogP contribution in [0.5, 0.6) is 0 Å². The molecule has 1 aliphatic heterocycles. The lowest BCUT2D eigenvalue weighted by molar-refractivity contribution is -0.304. The Kier molecular flexibility index (Phi) is 4.86. The summed E-state index contributed by atoms with van der Waals surface area (Å²) in [5, 5.41) is 15.5. The van der Waals surface area contributed by atoms with Gasteiger partial charge in [-0.2, -0.15) is 0 Å². The topological polar surface area (TPSA) is 91.3 Å². The number of rotatable bonds is 6. The molecule has 1 amide bonds. The molecular formula is C12H15N2O4S-. The third-order valence-corrected chi connectivity index (χ3v) is 3.69. The van der Waals surface area contributed by atoms with Crippen LogP contribution in [0.2, 0.25) is 0 Å². The van der Waals surface area contributed by atoms with Gasteiger partial charge in [-0.05, 0) is 12.8 Å². The summed E-state index contributed by atoms with van der Waals surface area (Å²) in [6.45, 7) is 1.29. The minimum absolute atomic E-state index is 0.119. The first kappa shape index (κ1) is 14.0. The van der Waals surface area contributed by atoms with Crippen molar-refractivity contribution in [1.82, 2.24) is 10.3 Å². The highest BCUT2D eigenvalue weighted by molar-refractivity contribution is 7.09. The van der Waals surface area contributed by atoms with Gasteiger partial charge in [-0.3, -0.25) is 4.79 Å². The second-order valence-electron chi connectivity index (χ2n) is 4.40. The van der Waals surface area contributed by atoms with Gasteiger partial charge in [-0.1, -0.05) is 0 Å². The average molecular weight is 283 g/mol. The van der Waals surface area contributed by atoms with Gasteiger partial charge in [0.05, 0.1) is 18.2 Å². The van der Waals surface area contributed by atoms with Crippen LogP contribution in [-0.2, 0) is 27.2 Å². The van der Waals surface area contributed by atoms with Crippen LogP contribution in [0.1, 0.15) is 23.5 Å². The van der Waals surface area contributed by atoms with Crippen LogP contribution in [0.3, 0.4) is 0 Å². The highest BCUT2D eigenvalue weighted by atomic mass is 32.1. The van der Waals surface area contributed by atoms with E-state index in [1.165, 1.54) is 11.3 Å². The van der Waals surface area contributed by atoms with E-state index in [1.54, 1.807) is 5.38 Å². The summed E-state index contributed by atoms with van der Waals surface area (Å²) in [5.41, 5.74) is 0.437. The summed E-state index contributed by atoms with van der Waals surface area (Å²) in [5.74, 6) is -1.29. The van der Waals surface area contributed by atoms with E-state index in [0.29, 0.717) is 17.2 Å². The lowest BCUT2D eigenvalue weighted by Gasteiger charge is -2.09. The van der Waals surface area contributed by atoms with Crippen molar-refractivity contribution in [3.8, 4) is 0 Å². The molecule has 1 aromatic rings. The van der Waals surface area contributed by atoms with Crippen molar-refractivity contribution in [2.24, 2.45) is 0 Å². The van der Waals surface area contributed by atoms with Crippen molar-refractivity contribution in [2.45, 2.75) is 31.8 Å². The Hall–Kier alpha value is -1.47. The highest BCUT2D eigenvalue weighted by Crippen LogP contribution is 2.12. The fraction of sp³-hybridized carbons (Fsp3) is 0.583. The van der Waals surface area contributed by atoms with Gasteiger partial charge in [-0.25, -0.2) is 4.98 Å². The molecule has 2 rings (SSSR count). The number of carboxylic acids is 1. The predicted octanol–water partition coefficient (Wildman–Crippen LogP) is -0.727. The smallest absolute Gasteiger partial charge is 0.226 e. The van der Waals surface area contributed by atoms with E-state index in [4.69, 9.17) is 4.74 Å². The minimum Gasteiger partial charge on any atom is -0.550 e. The van der Waals surface area contributed by atoms with Crippen LogP contribution >= 0.6 is 11.3 Å². The maximum Gasteiger partial charge on any atom is 0.226 e. The van der Waals surface area contributed by atoms with Crippen LogP contribution < -0.4 is 10.4 Å². The Bertz CT molecular complexity index is 454. The molecule has 6 nitrogen and oxygen atoms in total. The fourth-order valence-corrected chi connectivity index (χ4v) is 2.68. The van der Waals surface area contributed by atoms with Gasteiger partial charge in [0.25, 0.3) is 0 Å². The summed E-state index contributed by atoms with van der Waals surface area (Å²) < 4.78 is 5.40. The zero-order valence-electron chi connectivity index (χ0n) is 10.4. The summed E-state index contributed by atoms with van der Waals surface area (Å²) >= 11 is 1.28. The van der Waals surface area contributed by atoms with Gasteiger partial charge in [-0.15, -0.1) is 11.3 Å². The van der Waals surface area contributed by atoms with Crippen molar-refractivity contribution in [3.05, 3.63) is 16.1 Å². The summed E-state index contributed by atoms with van der Waals surface area (Å²) in [4.78, 5) is 26.2. The SMILES string of the molecule is O=C([O-])Cc1csc(CC(=O)NC[C@@H]2CCCO2)n1. The number of carboxylic acid groups (broad SMARTS) is 1. The van der Waals surface area contributed by atoms with Crippen LogP contribution in [0, 0.1) is 0 Å². The van der Waals surface area contributed by atoms with Crippen molar-refractivity contribution < 1.29 is 19.4 Å². The van der Waals surface area contributed by atoms with E-state index in [0.717, 1.165) is 19.4 Å². The van der Waals surface area contributed by atoms with E-state index in [9.17, 15) is 14.7 Å². The molecule has 0 saturated carbocycles. The van der Waals surface area contributed by atoms with Gasteiger partial charge in [0.2, 0.25) is 5.91 Å². The van der Waals surface area contributed by atoms with Gasteiger partial charge >= 0.3 is 0 Å². The number of carbonyl (C=O) groups excluding carboxylic acids is 2. The quantitative estimate of drug-likeness (QED) is 0.743. The molecular weight excluding hydrogens is 268 g/mol. The second kappa shape index (κ2) is 6.63.